The molecule has 1 fully saturated rings. The van der Waals surface area contributed by atoms with Gasteiger partial charge in [-0.2, -0.15) is 0 Å². The summed E-state index contributed by atoms with van der Waals surface area (Å²) >= 11 is 0. The van der Waals surface area contributed by atoms with E-state index in [9.17, 15) is 24.6 Å². The van der Waals surface area contributed by atoms with Crippen molar-refractivity contribution < 1.29 is 29.7 Å². The van der Waals surface area contributed by atoms with Gasteiger partial charge in [-0.05, 0) is 19.3 Å². The molecular weight excluding hydrogens is 336 g/mol. The molecule has 1 saturated carbocycles. The van der Waals surface area contributed by atoms with Gasteiger partial charge < -0.3 is 15.3 Å². The molecule has 0 unspecified atom stereocenters. The van der Waals surface area contributed by atoms with Crippen LogP contribution in [0.4, 0.5) is 0 Å². The van der Waals surface area contributed by atoms with Gasteiger partial charge in [-0.15, -0.1) is 0 Å². The maximum Gasteiger partial charge on any atom is 0.303 e. The maximum atomic E-state index is 12.1. The number of hydrogen-bond acceptors (Lipinski definition) is 5. The highest BCUT2D eigenvalue weighted by molar-refractivity contribution is 5.90. The average Bonchev–Trinajstić information content (AvgIpc) is 2.83. The van der Waals surface area contributed by atoms with Crippen molar-refractivity contribution in [3.63, 3.8) is 0 Å². The first kappa shape index (κ1) is 22.5. The third kappa shape index (κ3) is 8.23. The normalized spacial score (nSPS) is 24.3. The summed E-state index contributed by atoms with van der Waals surface area (Å²) in [6.45, 7) is 2.09. The van der Waals surface area contributed by atoms with Gasteiger partial charge in [0.25, 0.3) is 0 Å². The topological polar surface area (TPSA) is 112 Å². The Balaban J connectivity index is 2.51. The van der Waals surface area contributed by atoms with Crippen LogP contribution in [-0.4, -0.2) is 45.1 Å². The summed E-state index contributed by atoms with van der Waals surface area (Å²) in [4.78, 5) is 34.7. The molecule has 1 aliphatic carbocycles. The molecule has 0 bridgehead atoms. The molecule has 1 aliphatic rings. The molecule has 6 heteroatoms. The standard InChI is InChI=1S/C20H32O6/c1-2-3-4-7-14(21)10-11-16-17(19(24)13-18(16)23)12-15(22)8-5-6-9-20(25)26/h10-11,14,16-18,21,23H,2-9,12-13H2,1H3,(H,25,26)/b11-10+/t14-,16+,17+,18-/m0/s1. The van der Waals surface area contributed by atoms with Crippen molar-refractivity contribution in [3.05, 3.63) is 12.2 Å². The number of carbonyl (C=O) groups is 3. The van der Waals surface area contributed by atoms with E-state index in [2.05, 4.69) is 6.92 Å². The van der Waals surface area contributed by atoms with E-state index in [1.807, 2.05) is 0 Å². The van der Waals surface area contributed by atoms with Gasteiger partial charge in [-0.3, -0.25) is 14.4 Å². The molecule has 0 aromatic rings. The summed E-state index contributed by atoms with van der Waals surface area (Å²) in [5.74, 6) is -2.06. The molecule has 0 aromatic heterocycles. The summed E-state index contributed by atoms with van der Waals surface area (Å²) in [5.41, 5.74) is 0. The van der Waals surface area contributed by atoms with E-state index < -0.39 is 30.0 Å². The molecule has 0 spiro atoms. The lowest BCUT2D eigenvalue weighted by Gasteiger charge is -2.17. The third-order valence-corrected chi connectivity index (χ3v) is 4.94. The second kappa shape index (κ2) is 12.0. The van der Waals surface area contributed by atoms with Gasteiger partial charge in [0.1, 0.15) is 11.6 Å². The minimum atomic E-state index is -0.880. The Bertz CT molecular complexity index is 499. The molecule has 1 rings (SSSR count). The zero-order valence-corrected chi connectivity index (χ0v) is 15.6. The number of ketones is 2. The lowest BCUT2D eigenvalue weighted by Crippen LogP contribution is -2.22. The van der Waals surface area contributed by atoms with Crippen LogP contribution in [0.15, 0.2) is 12.2 Å². The third-order valence-electron chi connectivity index (χ3n) is 4.94. The predicted molar refractivity (Wildman–Crippen MR) is 97.6 cm³/mol. The van der Waals surface area contributed by atoms with Crippen molar-refractivity contribution in [3.8, 4) is 0 Å². The summed E-state index contributed by atoms with van der Waals surface area (Å²) in [6, 6.07) is 0. The largest absolute Gasteiger partial charge is 0.481 e. The van der Waals surface area contributed by atoms with Gasteiger partial charge in [0.05, 0.1) is 12.2 Å². The van der Waals surface area contributed by atoms with Crippen LogP contribution < -0.4 is 0 Å². The number of carbonyl (C=O) groups excluding carboxylic acids is 2. The fraction of sp³-hybridized carbons (Fsp3) is 0.750. The maximum absolute atomic E-state index is 12.1. The highest BCUT2D eigenvalue weighted by atomic mass is 16.4. The van der Waals surface area contributed by atoms with Crippen LogP contribution in [-0.2, 0) is 14.4 Å². The average molecular weight is 368 g/mol. The molecule has 0 aromatic carbocycles. The number of aliphatic hydroxyl groups is 2. The van der Waals surface area contributed by atoms with Crippen molar-refractivity contribution in [2.45, 2.75) is 83.3 Å². The van der Waals surface area contributed by atoms with Gasteiger partial charge in [0.15, 0.2) is 0 Å². The van der Waals surface area contributed by atoms with Gasteiger partial charge in [0, 0.05) is 37.5 Å². The quantitative estimate of drug-likeness (QED) is 0.340. The number of aliphatic carboxylic acids is 1. The lowest BCUT2D eigenvalue weighted by atomic mass is 9.88. The van der Waals surface area contributed by atoms with Gasteiger partial charge in [-0.25, -0.2) is 0 Å². The van der Waals surface area contributed by atoms with E-state index in [1.165, 1.54) is 0 Å². The molecule has 0 amide bonds. The molecule has 26 heavy (non-hydrogen) atoms. The molecular formula is C20H32O6. The summed E-state index contributed by atoms with van der Waals surface area (Å²) in [5, 5.41) is 28.7. The number of carboxylic acid groups (broad SMARTS) is 1. The molecule has 0 radical (unpaired) electrons. The highest BCUT2D eigenvalue weighted by Gasteiger charge is 2.40. The number of hydrogen-bond donors (Lipinski definition) is 3. The van der Waals surface area contributed by atoms with Gasteiger partial charge in [0.2, 0.25) is 0 Å². The van der Waals surface area contributed by atoms with Crippen molar-refractivity contribution in [2.75, 3.05) is 0 Å². The zero-order valence-electron chi connectivity index (χ0n) is 15.6. The van der Waals surface area contributed by atoms with Crippen LogP contribution in [0.25, 0.3) is 0 Å². The van der Waals surface area contributed by atoms with Crippen LogP contribution in [0.5, 0.6) is 0 Å². The smallest absolute Gasteiger partial charge is 0.303 e. The van der Waals surface area contributed by atoms with Crippen LogP contribution in [0, 0.1) is 11.8 Å². The Morgan fingerprint density at radius 1 is 1.19 bits per heavy atom. The molecule has 0 aliphatic heterocycles. The summed E-state index contributed by atoms with van der Waals surface area (Å²) in [6.07, 6.45) is 6.93. The van der Waals surface area contributed by atoms with Crippen LogP contribution in [0.3, 0.4) is 0 Å². The molecule has 3 N–H and O–H groups in total. The zero-order chi connectivity index (χ0) is 19.5. The van der Waals surface area contributed by atoms with Crippen molar-refractivity contribution >= 4 is 17.5 Å². The number of unbranched alkanes of at least 4 members (excludes halogenated alkanes) is 3. The fourth-order valence-electron chi connectivity index (χ4n) is 3.39. The predicted octanol–water partition coefficient (Wildman–Crippen LogP) is 2.65. The molecule has 4 atom stereocenters. The summed E-state index contributed by atoms with van der Waals surface area (Å²) in [7, 11) is 0. The Morgan fingerprint density at radius 2 is 1.88 bits per heavy atom. The highest BCUT2D eigenvalue weighted by Crippen LogP contribution is 2.33. The number of rotatable bonds is 13. The number of aliphatic hydroxyl groups excluding tert-OH is 2. The summed E-state index contributed by atoms with van der Waals surface area (Å²) < 4.78 is 0. The molecule has 6 nitrogen and oxygen atoms in total. The van der Waals surface area contributed by atoms with E-state index >= 15 is 0 Å². The number of Topliss-reactive ketones (excluding diaryl/α,β-unsaturated/α-hetero) is 2. The first-order valence-electron chi connectivity index (χ1n) is 9.65. The SMILES string of the molecule is CCCCC[C@H](O)/C=C/[C@H]1[C@@H](O)CC(=O)[C@@H]1CC(=O)CCCCC(=O)O. The van der Waals surface area contributed by atoms with Crippen LogP contribution >= 0.6 is 0 Å². The van der Waals surface area contributed by atoms with Crippen molar-refractivity contribution in [1.82, 2.24) is 0 Å². The van der Waals surface area contributed by atoms with Gasteiger partial charge in [-0.1, -0.05) is 38.3 Å². The minimum Gasteiger partial charge on any atom is -0.481 e. The van der Waals surface area contributed by atoms with E-state index in [0.717, 1.165) is 19.3 Å². The first-order valence-corrected chi connectivity index (χ1v) is 9.65. The molecule has 0 heterocycles. The van der Waals surface area contributed by atoms with E-state index in [0.29, 0.717) is 19.3 Å². The number of carboxylic acids is 1. The Hall–Kier alpha value is -1.53. The fourth-order valence-corrected chi connectivity index (χ4v) is 3.39. The lowest BCUT2D eigenvalue weighted by molar-refractivity contribution is -0.137. The van der Waals surface area contributed by atoms with Crippen LogP contribution in [0.1, 0.15) is 71.1 Å². The molecule has 148 valence electrons. The minimum absolute atomic E-state index is 0.0373. The van der Waals surface area contributed by atoms with Gasteiger partial charge >= 0.3 is 5.97 Å². The Labute approximate surface area is 155 Å². The van der Waals surface area contributed by atoms with E-state index in [1.54, 1.807) is 12.2 Å². The Morgan fingerprint density at radius 3 is 2.54 bits per heavy atom. The Kier molecular flexibility index (Phi) is 10.4. The van der Waals surface area contributed by atoms with Crippen molar-refractivity contribution in [2.24, 2.45) is 11.8 Å². The first-order chi connectivity index (χ1) is 12.3. The second-order valence-corrected chi connectivity index (χ2v) is 7.21. The van der Waals surface area contributed by atoms with Crippen LogP contribution in [0.2, 0.25) is 0 Å². The monoisotopic (exact) mass is 368 g/mol. The molecule has 0 saturated heterocycles. The second-order valence-electron chi connectivity index (χ2n) is 7.21. The van der Waals surface area contributed by atoms with E-state index in [4.69, 9.17) is 5.11 Å². The van der Waals surface area contributed by atoms with E-state index in [-0.39, 0.29) is 37.2 Å². The van der Waals surface area contributed by atoms with Crippen molar-refractivity contribution in [1.29, 1.82) is 0 Å².